The number of amides is 2. The van der Waals surface area contributed by atoms with Gasteiger partial charge in [-0.05, 0) is 12.1 Å². The summed E-state index contributed by atoms with van der Waals surface area (Å²) in [5.74, 6) is -0.844. The zero-order valence-corrected chi connectivity index (χ0v) is 9.98. The van der Waals surface area contributed by atoms with Gasteiger partial charge in [-0.15, -0.1) is 0 Å². The molecule has 0 aliphatic carbocycles. The second-order valence-electron chi connectivity index (χ2n) is 3.48. The van der Waals surface area contributed by atoms with Crippen molar-refractivity contribution in [2.45, 2.75) is 12.6 Å². The van der Waals surface area contributed by atoms with E-state index in [-0.39, 0.29) is 0 Å². The van der Waals surface area contributed by atoms with Crippen molar-refractivity contribution in [2.75, 3.05) is 5.33 Å². The summed E-state index contributed by atoms with van der Waals surface area (Å²) in [6, 6.07) is 6.58. The summed E-state index contributed by atoms with van der Waals surface area (Å²) >= 11 is 3.16. The van der Waals surface area contributed by atoms with Gasteiger partial charge < -0.3 is 5.11 Å². The van der Waals surface area contributed by atoms with E-state index in [2.05, 4.69) is 15.9 Å². The molecule has 1 heterocycles. The lowest BCUT2D eigenvalue weighted by molar-refractivity contribution is 0.0132. The Kier molecular flexibility index (Phi) is 3.07. The van der Waals surface area contributed by atoms with Crippen molar-refractivity contribution in [1.29, 1.82) is 0 Å². The van der Waals surface area contributed by atoms with E-state index in [1.807, 2.05) is 0 Å². The summed E-state index contributed by atoms with van der Waals surface area (Å²) in [5, 5.41) is 10.2. The maximum absolute atomic E-state index is 11.9. The fourth-order valence-electron chi connectivity index (χ4n) is 1.71. The van der Waals surface area contributed by atoms with Gasteiger partial charge in [0.15, 0.2) is 0 Å². The molecule has 1 aliphatic rings. The first-order valence-corrected chi connectivity index (χ1v) is 6.00. The molecule has 0 radical (unpaired) electrons. The van der Waals surface area contributed by atoms with Crippen LogP contribution in [-0.4, -0.2) is 33.4 Å². The number of benzene rings is 1. The van der Waals surface area contributed by atoms with Crippen LogP contribution in [0.2, 0.25) is 0 Å². The van der Waals surface area contributed by atoms with E-state index in [1.54, 1.807) is 24.3 Å². The van der Waals surface area contributed by atoms with E-state index in [4.69, 9.17) is 0 Å². The van der Waals surface area contributed by atoms with Crippen LogP contribution in [0, 0.1) is 0 Å². The highest BCUT2D eigenvalue weighted by Crippen LogP contribution is 2.24. The highest BCUT2D eigenvalue weighted by atomic mass is 79.9. The number of rotatable bonds is 3. The molecule has 0 bridgehead atoms. The van der Waals surface area contributed by atoms with Crippen molar-refractivity contribution in [2.24, 2.45) is 0 Å². The predicted molar refractivity (Wildman–Crippen MR) is 61.4 cm³/mol. The Labute approximate surface area is 101 Å². The molecule has 5 heteroatoms. The fraction of sp³-hybridized carbons (Fsp3) is 0.273. The average molecular weight is 284 g/mol. The van der Waals surface area contributed by atoms with Gasteiger partial charge in [0.2, 0.25) is 0 Å². The summed E-state index contributed by atoms with van der Waals surface area (Å²) < 4.78 is 0. The van der Waals surface area contributed by atoms with E-state index < -0.39 is 18.0 Å². The lowest BCUT2D eigenvalue weighted by Gasteiger charge is -2.19. The van der Waals surface area contributed by atoms with Crippen molar-refractivity contribution >= 4 is 27.7 Å². The van der Waals surface area contributed by atoms with E-state index in [0.29, 0.717) is 22.9 Å². The highest BCUT2D eigenvalue weighted by molar-refractivity contribution is 9.09. The molecule has 1 N–H and O–H groups in total. The molecular formula is C11H10BrNO3. The van der Waals surface area contributed by atoms with Crippen molar-refractivity contribution in [1.82, 2.24) is 4.90 Å². The quantitative estimate of drug-likeness (QED) is 0.674. The fourth-order valence-corrected chi connectivity index (χ4v) is 2.11. The third-order valence-electron chi connectivity index (χ3n) is 2.49. The van der Waals surface area contributed by atoms with Crippen LogP contribution in [-0.2, 0) is 0 Å². The van der Waals surface area contributed by atoms with Crippen molar-refractivity contribution in [3.05, 3.63) is 35.4 Å². The molecule has 1 aromatic rings. The molecule has 1 unspecified atom stereocenters. The van der Waals surface area contributed by atoms with E-state index in [0.717, 1.165) is 4.90 Å². The molecule has 2 amide bonds. The van der Waals surface area contributed by atoms with Crippen LogP contribution in [0.3, 0.4) is 0 Å². The number of hydrogen-bond donors (Lipinski definition) is 1. The van der Waals surface area contributed by atoms with Gasteiger partial charge in [0.25, 0.3) is 11.8 Å². The molecule has 1 aromatic carbocycles. The van der Waals surface area contributed by atoms with Gasteiger partial charge in [-0.2, -0.15) is 0 Å². The SMILES string of the molecule is O=C1c2ccccc2C(=O)N1C(O)CCBr. The smallest absolute Gasteiger partial charge is 0.263 e. The number of carbonyl (C=O) groups is 2. The summed E-state index contributed by atoms with van der Waals surface area (Å²) in [4.78, 5) is 24.6. The second kappa shape index (κ2) is 4.35. The monoisotopic (exact) mass is 283 g/mol. The third kappa shape index (κ3) is 1.66. The maximum Gasteiger partial charge on any atom is 0.263 e. The van der Waals surface area contributed by atoms with Gasteiger partial charge in [0.1, 0.15) is 6.23 Å². The summed E-state index contributed by atoms with van der Waals surface area (Å²) in [6.45, 7) is 0. The molecule has 0 saturated carbocycles. The number of alkyl halides is 1. The summed E-state index contributed by atoms with van der Waals surface area (Å²) in [5.41, 5.74) is 0.724. The topological polar surface area (TPSA) is 57.6 Å². The molecule has 1 atom stereocenters. The molecule has 16 heavy (non-hydrogen) atoms. The first-order chi connectivity index (χ1) is 7.66. The lowest BCUT2D eigenvalue weighted by atomic mass is 10.1. The Bertz CT molecular complexity index is 412. The van der Waals surface area contributed by atoms with Crippen LogP contribution in [0.15, 0.2) is 24.3 Å². The van der Waals surface area contributed by atoms with Crippen LogP contribution in [0.25, 0.3) is 0 Å². The van der Waals surface area contributed by atoms with Gasteiger partial charge in [-0.25, -0.2) is 4.90 Å². The third-order valence-corrected chi connectivity index (χ3v) is 2.95. The molecule has 2 rings (SSSR count). The first-order valence-electron chi connectivity index (χ1n) is 4.87. The number of carbonyl (C=O) groups excluding carboxylic acids is 2. The number of hydrogen-bond acceptors (Lipinski definition) is 3. The Hall–Kier alpha value is -1.20. The zero-order chi connectivity index (χ0) is 11.7. The predicted octanol–water partition coefficient (Wildman–Crippen LogP) is 1.39. The number of imide groups is 1. The Morgan fingerprint density at radius 1 is 1.19 bits per heavy atom. The largest absolute Gasteiger partial charge is 0.373 e. The van der Waals surface area contributed by atoms with Crippen LogP contribution in [0.5, 0.6) is 0 Å². The molecule has 0 aromatic heterocycles. The van der Waals surface area contributed by atoms with E-state index in [1.165, 1.54) is 0 Å². The number of aliphatic hydroxyl groups excluding tert-OH is 1. The van der Waals surface area contributed by atoms with Crippen LogP contribution < -0.4 is 0 Å². The van der Waals surface area contributed by atoms with Gasteiger partial charge in [0.05, 0.1) is 11.1 Å². The minimum atomic E-state index is -1.06. The molecule has 84 valence electrons. The van der Waals surface area contributed by atoms with Crippen LogP contribution in [0.1, 0.15) is 27.1 Å². The normalized spacial score (nSPS) is 16.5. The Balaban J connectivity index is 2.35. The number of fused-ring (bicyclic) bond motifs is 1. The molecule has 1 aliphatic heterocycles. The maximum atomic E-state index is 11.9. The van der Waals surface area contributed by atoms with Crippen molar-refractivity contribution in [3.8, 4) is 0 Å². The molecule has 0 spiro atoms. The van der Waals surface area contributed by atoms with Gasteiger partial charge in [-0.1, -0.05) is 28.1 Å². The van der Waals surface area contributed by atoms with Crippen LogP contribution in [0.4, 0.5) is 0 Å². The Morgan fingerprint density at radius 2 is 1.69 bits per heavy atom. The van der Waals surface area contributed by atoms with E-state index in [9.17, 15) is 14.7 Å². The van der Waals surface area contributed by atoms with Crippen LogP contribution >= 0.6 is 15.9 Å². The molecular weight excluding hydrogens is 274 g/mol. The first kappa shape index (κ1) is 11.3. The molecule has 0 fully saturated rings. The van der Waals surface area contributed by atoms with Gasteiger partial charge >= 0.3 is 0 Å². The minimum absolute atomic E-state index is 0.325. The summed E-state index contributed by atoms with van der Waals surface area (Å²) in [7, 11) is 0. The zero-order valence-electron chi connectivity index (χ0n) is 8.39. The standard InChI is InChI=1S/C11H10BrNO3/c12-6-5-9(14)13-10(15)7-3-1-2-4-8(7)11(13)16/h1-4,9,14H,5-6H2. The van der Waals surface area contributed by atoms with Crippen molar-refractivity contribution in [3.63, 3.8) is 0 Å². The number of nitrogens with zero attached hydrogens (tertiary/aromatic N) is 1. The Morgan fingerprint density at radius 3 is 2.12 bits per heavy atom. The van der Waals surface area contributed by atoms with Crippen molar-refractivity contribution < 1.29 is 14.7 Å². The van der Waals surface area contributed by atoms with Gasteiger partial charge in [0, 0.05) is 11.8 Å². The van der Waals surface area contributed by atoms with E-state index >= 15 is 0 Å². The molecule has 0 saturated heterocycles. The number of halogens is 1. The molecule has 4 nitrogen and oxygen atoms in total. The second-order valence-corrected chi connectivity index (χ2v) is 4.28. The summed E-state index contributed by atoms with van der Waals surface area (Å²) in [6.07, 6.45) is -0.738. The number of aliphatic hydroxyl groups is 1. The minimum Gasteiger partial charge on any atom is -0.373 e. The van der Waals surface area contributed by atoms with Gasteiger partial charge in [-0.3, -0.25) is 9.59 Å². The highest BCUT2D eigenvalue weighted by Gasteiger charge is 2.38. The lowest BCUT2D eigenvalue weighted by Crippen LogP contribution is -2.39. The average Bonchev–Trinajstić information content (AvgIpc) is 2.53.